The molecule has 0 saturated carbocycles. The number of hydrogen-bond donors (Lipinski definition) is 1. The topological polar surface area (TPSA) is 59.0 Å². The molecule has 1 heterocycles. The van der Waals surface area contributed by atoms with E-state index in [9.17, 15) is 9.90 Å². The van der Waals surface area contributed by atoms with E-state index in [4.69, 9.17) is 9.47 Å². The van der Waals surface area contributed by atoms with Crippen LogP contribution in [0.1, 0.15) is 15.9 Å². The first-order chi connectivity index (χ1) is 12.2. The lowest BCUT2D eigenvalue weighted by Crippen LogP contribution is -2.42. The molecular weight excluding hydrogens is 318 g/mol. The summed E-state index contributed by atoms with van der Waals surface area (Å²) in [7, 11) is 0. The highest BCUT2D eigenvalue weighted by Crippen LogP contribution is 2.17. The van der Waals surface area contributed by atoms with Crippen molar-refractivity contribution in [2.75, 3.05) is 39.5 Å². The van der Waals surface area contributed by atoms with E-state index in [-0.39, 0.29) is 12.4 Å². The number of ether oxygens (including phenoxy) is 2. The second-order valence-corrected chi connectivity index (χ2v) is 6.10. The van der Waals surface area contributed by atoms with Gasteiger partial charge in [-0.3, -0.25) is 9.69 Å². The minimum atomic E-state index is -0.577. The van der Waals surface area contributed by atoms with Crippen molar-refractivity contribution in [3.8, 4) is 5.75 Å². The summed E-state index contributed by atoms with van der Waals surface area (Å²) in [5, 5.41) is 10.1. The average molecular weight is 341 g/mol. The van der Waals surface area contributed by atoms with E-state index in [1.54, 1.807) is 36.4 Å². The molecule has 0 bridgehead atoms. The largest absolute Gasteiger partial charge is 0.491 e. The van der Waals surface area contributed by atoms with Crippen molar-refractivity contribution in [3.05, 3.63) is 65.7 Å². The first-order valence-electron chi connectivity index (χ1n) is 8.53. The lowest BCUT2D eigenvalue weighted by molar-refractivity contribution is 0.00465. The fraction of sp³-hybridized carbons (Fsp3) is 0.350. The Morgan fingerprint density at radius 2 is 1.80 bits per heavy atom. The summed E-state index contributed by atoms with van der Waals surface area (Å²) < 4.78 is 11.0. The highest BCUT2D eigenvalue weighted by Gasteiger charge is 2.16. The van der Waals surface area contributed by atoms with E-state index in [0.717, 1.165) is 13.1 Å². The molecule has 3 rings (SSSR count). The van der Waals surface area contributed by atoms with Crippen LogP contribution in [0.2, 0.25) is 0 Å². The van der Waals surface area contributed by atoms with E-state index < -0.39 is 6.10 Å². The second kappa shape index (κ2) is 8.76. The van der Waals surface area contributed by atoms with E-state index in [2.05, 4.69) is 4.90 Å². The Morgan fingerprint density at radius 1 is 1.08 bits per heavy atom. The number of rotatable bonds is 7. The van der Waals surface area contributed by atoms with Gasteiger partial charge in [-0.2, -0.15) is 0 Å². The molecule has 1 aliphatic heterocycles. The van der Waals surface area contributed by atoms with Gasteiger partial charge in [0.1, 0.15) is 18.5 Å². The van der Waals surface area contributed by atoms with Crippen LogP contribution in [0.25, 0.3) is 0 Å². The van der Waals surface area contributed by atoms with Crippen LogP contribution >= 0.6 is 0 Å². The summed E-state index contributed by atoms with van der Waals surface area (Å²) in [6.45, 7) is 3.83. The summed E-state index contributed by atoms with van der Waals surface area (Å²) >= 11 is 0. The normalized spacial score (nSPS) is 16.4. The maximum absolute atomic E-state index is 12.5. The third-order valence-corrected chi connectivity index (χ3v) is 4.15. The predicted octanol–water partition coefficient (Wildman–Crippen LogP) is 1.99. The van der Waals surface area contributed by atoms with Crippen LogP contribution in [0.15, 0.2) is 54.6 Å². The number of aliphatic hydroxyl groups is 1. The number of hydrogen-bond acceptors (Lipinski definition) is 5. The van der Waals surface area contributed by atoms with Crippen LogP contribution in [0, 0.1) is 0 Å². The third kappa shape index (κ3) is 5.13. The molecule has 2 aromatic carbocycles. The molecule has 0 unspecified atom stereocenters. The number of benzene rings is 2. The molecule has 2 aromatic rings. The molecule has 0 amide bonds. The van der Waals surface area contributed by atoms with Crippen LogP contribution in [0.3, 0.4) is 0 Å². The van der Waals surface area contributed by atoms with Crippen molar-refractivity contribution >= 4 is 5.78 Å². The molecule has 132 valence electrons. The number of aliphatic hydroxyl groups excluding tert-OH is 1. The minimum Gasteiger partial charge on any atom is -0.491 e. The highest BCUT2D eigenvalue weighted by atomic mass is 16.5. The Morgan fingerprint density at radius 3 is 2.56 bits per heavy atom. The third-order valence-electron chi connectivity index (χ3n) is 4.15. The van der Waals surface area contributed by atoms with Crippen LogP contribution in [-0.2, 0) is 4.74 Å². The van der Waals surface area contributed by atoms with Gasteiger partial charge in [-0.15, -0.1) is 0 Å². The molecule has 0 aliphatic carbocycles. The van der Waals surface area contributed by atoms with Crippen LogP contribution in [0.5, 0.6) is 5.75 Å². The molecule has 1 fully saturated rings. The van der Waals surface area contributed by atoms with E-state index >= 15 is 0 Å². The van der Waals surface area contributed by atoms with Gasteiger partial charge in [0.25, 0.3) is 0 Å². The Kier molecular flexibility index (Phi) is 6.17. The van der Waals surface area contributed by atoms with Gasteiger partial charge < -0.3 is 14.6 Å². The maximum Gasteiger partial charge on any atom is 0.193 e. The summed E-state index contributed by atoms with van der Waals surface area (Å²) in [4.78, 5) is 14.6. The molecule has 1 aliphatic rings. The molecule has 1 atom stereocenters. The van der Waals surface area contributed by atoms with Gasteiger partial charge >= 0.3 is 0 Å². The highest BCUT2D eigenvalue weighted by molar-refractivity contribution is 6.09. The second-order valence-electron chi connectivity index (χ2n) is 6.10. The van der Waals surface area contributed by atoms with Gasteiger partial charge in [0.2, 0.25) is 0 Å². The molecule has 1 saturated heterocycles. The Bertz CT molecular complexity index is 683. The number of ketones is 1. The van der Waals surface area contributed by atoms with Crippen LogP contribution in [-0.4, -0.2) is 61.3 Å². The van der Waals surface area contributed by atoms with Crippen molar-refractivity contribution in [2.24, 2.45) is 0 Å². The fourth-order valence-electron chi connectivity index (χ4n) is 2.81. The average Bonchev–Trinajstić information content (AvgIpc) is 2.67. The van der Waals surface area contributed by atoms with Gasteiger partial charge in [0, 0.05) is 30.8 Å². The lowest BCUT2D eigenvalue weighted by Gasteiger charge is -2.28. The smallest absolute Gasteiger partial charge is 0.193 e. The lowest BCUT2D eigenvalue weighted by atomic mass is 10.0. The Hall–Kier alpha value is -2.21. The predicted molar refractivity (Wildman–Crippen MR) is 95.1 cm³/mol. The van der Waals surface area contributed by atoms with Crippen molar-refractivity contribution in [3.63, 3.8) is 0 Å². The van der Waals surface area contributed by atoms with E-state index in [0.29, 0.717) is 36.6 Å². The number of carbonyl (C=O) groups excluding carboxylic acids is 1. The number of morpholine rings is 1. The molecule has 5 heteroatoms. The molecule has 25 heavy (non-hydrogen) atoms. The number of β-amino-alcohol motifs (C(OH)–C–C–N with tert-alkyl or cyclic N) is 1. The van der Waals surface area contributed by atoms with Gasteiger partial charge in [-0.1, -0.05) is 42.5 Å². The van der Waals surface area contributed by atoms with Gasteiger partial charge in [0.05, 0.1) is 13.2 Å². The summed E-state index contributed by atoms with van der Waals surface area (Å²) in [5.41, 5.74) is 1.22. The first kappa shape index (κ1) is 17.6. The quantitative estimate of drug-likeness (QED) is 0.781. The molecule has 1 N–H and O–H groups in total. The zero-order valence-electron chi connectivity index (χ0n) is 14.1. The van der Waals surface area contributed by atoms with Gasteiger partial charge in [-0.25, -0.2) is 0 Å². The monoisotopic (exact) mass is 341 g/mol. The van der Waals surface area contributed by atoms with E-state index in [1.807, 2.05) is 18.2 Å². The minimum absolute atomic E-state index is 0.0417. The van der Waals surface area contributed by atoms with Gasteiger partial charge in [-0.05, 0) is 12.1 Å². The van der Waals surface area contributed by atoms with Crippen molar-refractivity contribution in [1.29, 1.82) is 0 Å². The first-order valence-corrected chi connectivity index (χ1v) is 8.53. The van der Waals surface area contributed by atoms with Crippen molar-refractivity contribution in [1.82, 2.24) is 4.90 Å². The molecule has 5 nitrogen and oxygen atoms in total. The summed E-state index contributed by atoms with van der Waals surface area (Å²) in [6, 6.07) is 16.2. The molecule has 0 radical (unpaired) electrons. The number of nitrogens with zero attached hydrogens (tertiary/aromatic N) is 1. The Labute approximate surface area is 147 Å². The van der Waals surface area contributed by atoms with Gasteiger partial charge in [0.15, 0.2) is 5.78 Å². The van der Waals surface area contributed by atoms with Crippen molar-refractivity contribution < 1.29 is 19.4 Å². The van der Waals surface area contributed by atoms with Crippen molar-refractivity contribution in [2.45, 2.75) is 6.10 Å². The number of carbonyl (C=O) groups is 1. The molecule has 0 spiro atoms. The molecule has 0 aromatic heterocycles. The Balaban J connectivity index is 1.55. The summed E-state index contributed by atoms with van der Waals surface area (Å²) in [6.07, 6.45) is -0.577. The SMILES string of the molecule is O=C(c1ccccc1)c1cccc(OC[C@H](O)CN2CCOCC2)c1. The maximum atomic E-state index is 12.5. The van der Waals surface area contributed by atoms with E-state index in [1.165, 1.54) is 0 Å². The van der Waals surface area contributed by atoms with Crippen LogP contribution < -0.4 is 4.74 Å². The fourth-order valence-corrected chi connectivity index (χ4v) is 2.81. The van der Waals surface area contributed by atoms with Crippen LogP contribution in [0.4, 0.5) is 0 Å². The zero-order valence-corrected chi connectivity index (χ0v) is 14.1. The standard InChI is InChI=1S/C20H23NO4/c22-18(14-21-9-11-24-12-10-21)15-25-19-8-4-7-17(13-19)20(23)16-5-2-1-3-6-16/h1-8,13,18,22H,9-12,14-15H2/t18-/m1/s1. The molecular formula is C20H23NO4. The zero-order chi connectivity index (χ0) is 17.5. The summed E-state index contributed by atoms with van der Waals surface area (Å²) in [5.74, 6) is 0.544.